The molecular weight excluding hydrogens is 393 g/mol. The average molecular weight is 424 g/mol. The van der Waals surface area contributed by atoms with E-state index in [0.717, 1.165) is 17.7 Å². The largest absolute Gasteiger partial charge is 0.399 e. The molecule has 0 spiro atoms. The molecule has 28 heavy (non-hydrogen) atoms. The van der Waals surface area contributed by atoms with Gasteiger partial charge in [-0.2, -0.15) is 0 Å². The lowest BCUT2D eigenvalue weighted by molar-refractivity contribution is 0.0950. The Kier molecular flexibility index (Phi) is 10.4. The fourth-order valence-corrected chi connectivity index (χ4v) is 3.48. The van der Waals surface area contributed by atoms with E-state index >= 15 is 0 Å². The van der Waals surface area contributed by atoms with Crippen molar-refractivity contribution in [3.63, 3.8) is 0 Å². The Balaban J connectivity index is 0.00000196. The van der Waals surface area contributed by atoms with Crippen molar-refractivity contribution in [2.24, 2.45) is 0 Å². The zero-order valence-corrected chi connectivity index (χ0v) is 18.1. The van der Waals surface area contributed by atoms with Crippen molar-refractivity contribution in [3.8, 4) is 0 Å². The van der Waals surface area contributed by atoms with Crippen LogP contribution in [0.25, 0.3) is 0 Å². The molecule has 1 amide bonds. The summed E-state index contributed by atoms with van der Waals surface area (Å²) >= 11 is 0. The molecule has 0 aromatic heterocycles. The number of rotatable bonds is 5. The Labute approximate surface area is 180 Å². The number of anilines is 1. The first-order valence-electron chi connectivity index (χ1n) is 9.56. The molecule has 0 saturated carbocycles. The van der Waals surface area contributed by atoms with Gasteiger partial charge in [-0.05, 0) is 61.7 Å². The van der Waals surface area contributed by atoms with Crippen molar-refractivity contribution in [1.29, 1.82) is 0 Å². The number of carbonyl (C=O) groups is 1. The van der Waals surface area contributed by atoms with Crippen molar-refractivity contribution in [2.75, 3.05) is 18.8 Å². The first-order valence-corrected chi connectivity index (χ1v) is 9.56. The van der Waals surface area contributed by atoms with Crippen LogP contribution in [0.5, 0.6) is 0 Å². The van der Waals surface area contributed by atoms with Gasteiger partial charge >= 0.3 is 0 Å². The lowest BCUT2D eigenvalue weighted by Crippen LogP contribution is -2.24. The number of halogens is 2. The van der Waals surface area contributed by atoms with Gasteiger partial charge in [0.1, 0.15) is 0 Å². The van der Waals surface area contributed by atoms with Gasteiger partial charge in [-0.25, -0.2) is 0 Å². The summed E-state index contributed by atoms with van der Waals surface area (Å²) in [5.41, 5.74) is 10.4. The minimum atomic E-state index is -0.0801. The topological polar surface area (TPSA) is 58.4 Å². The molecule has 0 bridgehead atoms. The number of aryl methyl sites for hydroxylation is 1. The van der Waals surface area contributed by atoms with Gasteiger partial charge in [0.15, 0.2) is 0 Å². The van der Waals surface area contributed by atoms with E-state index in [2.05, 4.69) is 34.5 Å². The smallest absolute Gasteiger partial charge is 0.251 e. The van der Waals surface area contributed by atoms with E-state index in [1.807, 2.05) is 19.1 Å². The highest BCUT2D eigenvalue weighted by Crippen LogP contribution is 2.15. The van der Waals surface area contributed by atoms with E-state index < -0.39 is 0 Å². The molecular formula is C22H31Cl2N3O. The van der Waals surface area contributed by atoms with Gasteiger partial charge in [-0.15, -0.1) is 24.8 Å². The molecule has 1 aliphatic rings. The lowest BCUT2D eigenvalue weighted by Gasteiger charge is -2.19. The predicted molar refractivity (Wildman–Crippen MR) is 121 cm³/mol. The number of carbonyl (C=O) groups excluding carboxylic acids is 1. The van der Waals surface area contributed by atoms with Gasteiger partial charge in [0.2, 0.25) is 0 Å². The van der Waals surface area contributed by atoms with Crippen LogP contribution in [0.4, 0.5) is 5.69 Å². The van der Waals surface area contributed by atoms with Crippen LogP contribution in [0.15, 0.2) is 42.5 Å². The summed E-state index contributed by atoms with van der Waals surface area (Å²) in [7, 11) is 0. The van der Waals surface area contributed by atoms with Crippen LogP contribution in [-0.2, 0) is 13.1 Å². The summed E-state index contributed by atoms with van der Waals surface area (Å²) in [6, 6.07) is 14.0. The monoisotopic (exact) mass is 423 g/mol. The minimum Gasteiger partial charge on any atom is -0.399 e. The van der Waals surface area contributed by atoms with Crippen molar-refractivity contribution >= 4 is 36.4 Å². The van der Waals surface area contributed by atoms with Crippen molar-refractivity contribution in [2.45, 2.75) is 45.7 Å². The molecule has 1 saturated heterocycles. The van der Waals surface area contributed by atoms with Crippen molar-refractivity contribution in [3.05, 3.63) is 64.7 Å². The highest BCUT2D eigenvalue weighted by molar-refractivity contribution is 5.96. The number of nitrogen functional groups attached to an aromatic ring is 1. The number of nitrogens with one attached hydrogen (secondary N) is 1. The fraction of sp³-hybridized carbons (Fsp3) is 0.409. The molecule has 3 rings (SSSR count). The van der Waals surface area contributed by atoms with E-state index in [-0.39, 0.29) is 30.7 Å². The molecule has 0 radical (unpaired) electrons. The molecule has 154 valence electrons. The molecule has 1 fully saturated rings. The summed E-state index contributed by atoms with van der Waals surface area (Å²) in [4.78, 5) is 14.9. The van der Waals surface area contributed by atoms with Gasteiger partial charge in [-0.1, -0.05) is 43.2 Å². The standard InChI is InChI=1S/C22H29N3O.2ClH/c1-17-6-11-20(23)14-21(17)22(26)24-15-18-7-9-19(10-8-18)16-25-12-4-2-3-5-13-25;;/h6-11,14H,2-5,12-13,15-16,23H2,1H3,(H,24,26);2*1H. The number of likely N-dealkylation sites (tertiary alicyclic amines) is 1. The second-order valence-electron chi connectivity index (χ2n) is 7.26. The van der Waals surface area contributed by atoms with Crippen LogP contribution in [-0.4, -0.2) is 23.9 Å². The maximum Gasteiger partial charge on any atom is 0.251 e. The zero-order valence-electron chi connectivity index (χ0n) is 16.4. The van der Waals surface area contributed by atoms with E-state index in [9.17, 15) is 4.79 Å². The van der Waals surface area contributed by atoms with Crippen LogP contribution in [0, 0.1) is 6.92 Å². The van der Waals surface area contributed by atoms with E-state index in [0.29, 0.717) is 17.8 Å². The first kappa shape index (κ1) is 24.3. The number of benzene rings is 2. The molecule has 0 atom stereocenters. The summed E-state index contributed by atoms with van der Waals surface area (Å²) in [5, 5.41) is 2.99. The number of nitrogens with two attached hydrogens (primary N) is 1. The summed E-state index contributed by atoms with van der Waals surface area (Å²) < 4.78 is 0. The number of nitrogens with zero attached hydrogens (tertiary/aromatic N) is 1. The molecule has 6 heteroatoms. The third-order valence-corrected chi connectivity index (χ3v) is 5.09. The molecule has 2 aromatic carbocycles. The SMILES string of the molecule is Cc1ccc(N)cc1C(=O)NCc1ccc(CN2CCCCCC2)cc1.Cl.Cl. The normalized spacial score (nSPS) is 14.3. The molecule has 1 heterocycles. The van der Waals surface area contributed by atoms with Gasteiger partial charge in [0.05, 0.1) is 0 Å². The van der Waals surface area contributed by atoms with Crippen LogP contribution in [0.3, 0.4) is 0 Å². The Morgan fingerprint density at radius 2 is 1.57 bits per heavy atom. The predicted octanol–water partition coefficient (Wildman–Crippen LogP) is 4.73. The van der Waals surface area contributed by atoms with Gasteiger partial charge < -0.3 is 11.1 Å². The van der Waals surface area contributed by atoms with Crippen molar-refractivity contribution in [1.82, 2.24) is 10.2 Å². The Bertz CT molecular complexity index is 742. The number of hydrogen-bond donors (Lipinski definition) is 2. The molecule has 4 nitrogen and oxygen atoms in total. The van der Waals surface area contributed by atoms with Gasteiger partial charge in [0.25, 0.3) is 5.91 Å². The third-order valence-electron chi connectivity index (χ3n) is 5.09. The molecule has 1 aliphatic heterocycles. The second-order valence-corrected chi connectivity index (χ2v) is 7.26. The summed E-state index contributed by atoms with van der Waals surface area (Å²) in [5.74, 6) is -0.0801. The minimum absolute atomic E-state index is 0. The third kappa shape index (κ3) is 7.01. The van der Waals surface area contributed by atoms with E-state index in [4.69, 9.17) is 5.73 Å². The number of amides is 1. The van der Waals surface area contributed by atoms with Crippen molar-refractivity contribution < 1.29 is 4.79 Å². The second kappa shape index (κ2) is 11.9. The van der Waals surface area contributed by atoms with Crippen LogP contribution in [0.2, 0.25) is 0 Å². The maximum atomic E-state index is 12.4. The molecule has 3 N–H and O–H groups in total. The van der Waals surface area contributed by atoms with E-state index in [1.54, 1.807) is 6.07 Å². The maximum absolute atomic E-state index is 12.4. The summed E-state index contributed by atoms with van der Waals surface area (Å²) in [6.07, 6.45) is 5.35. The Morgan fingerprint density at radius 3 is 2.21 bits per heavy atom. The van der Waals surface area contributed by atoms with Gasteiger partial charge in [0, 0.05) is 24.3 Å². The average Bonchev–Trinajstić information content (AvgIpc) is 2.91. The van der Waals surface area contributed by atoms with Crippen LogP contribution in [0.1, 0.15) is 52.7 Å². The number of hydrogen-bond acceptors (Lipinski definition) is 3. The van der Waals surface area contributed by atoms with Gasteiger partial charge in [-0.3, -0.25) is 9.69 Å². The Morgan fingerprint density at radius 1 is 0.964 bits per heavy atom. The Hall–Kier alpha value is -1.75. The fourth-order valence-electron chi connectivity index (χ4n) is 3.48. The first-order chi connectivity index (χ1) is 12.6. The molecule has 0 aliphatic carbocycles. The quantitative estimate of drug-likeness (QED) is 0.683. The van der Waals surface area contributed by atoms with E-state index in [1.165, 1.54) is 44.3 Å². The molecule has 0 unspecified atom stereocenters. The lowest BCUT2D eigenvalue weighted by atomic mass is 10.1. The molecule has 2 aromatic rings. The van der Waals surface area contributed by atoms with Crippen LogP contribution < -0.4 is 11.1 Å². The highest BCUT2D eigenvalue weighted by Gasteiger charge is 2.11. The zero-order chi connectivity index (χ0) is 18.4. The van der Waals surface area contributed by atoms with Crippen LogP contribution >= 0.6 is 24.8 Å². The highest BCUT2D eigenvalue weighted by atomic mass is 35.5. The summed E-state index contributed by atoms with van der Waals surface area (Å²) in [6.45, 7) is 5.88.